The second-order valence-electron chi connectivity index (χ2n) is 3.70. The highest BCUT2D eigenvalue weighted by Crippen LogP contribution is 2.16. The number of nitrogens with one attached hydrogen (secondary N) is 1. The largest absolute Gasteiger partial charge is 0.496 e. The zero-order chi connectivity index (χ0) is 11.1. The fourth-order valence-electron chi connectivity index (χ4n) is 1.36. The zero-order valence-corrected chi connectivity index (χ0v) is 10.1. The molecule has 0 radical (unpaired) electrons. The van der Waals surface area contributed by atoms with Crippen LogP contribution in [0.1, 0.15) is 12.5 Å². The number of para-hydroxylation sites is 1. The Morgan fingerprint density at radius 3 is 2.80 bits per heavy atom. The molecule has 0 spiro atoms. The van der Waals surface area contributed by atoms with Crippen LogP contribution in [0.25, 0.3) is 0 Å². The van der Waals surface area contributed by atoms with Gasteiger partial charge in [0.2, 0.25) is 0 Å². The van der Waals surface area contributed by atoms with Gasteiger partial charge in [-0.2, -0.15) is 0 Å². The molecule has 0 amide bonds. The Morgan fingerprint density at radius 1 is 1.40 bits per heavy atom. The Hall–Kier alpha value is -0.730. The van der Waals surface area contributed by atoms with Crippen molar-refractivity contribution in [1.29, 1.82) is 0 Å². The number of halogens is 1. The van der Waals surface area contributed by atoms with Gasteiger partial charge < -0.3 is 10.1 Å². The minimum atomic E-state index is 0.501. The zero-order valence-electron chi connectivity index (χ0n) is 9.29. The van der Waals surface area contributed by atoms with E-state index in [-0.39, 0.29) is 0 Å². The average Bonchev–Trinajstić information content (AvgIpc) is 2.29. The Bertz CT molecular complexity index is 291. The van der Waals surface area contributed by atoms with E-state index in [0.717, 1.165) is 18.8 Å². The molecule has 0 bridgehead atoms. The molecule has 1 unspecified atom stereocenters. The van der Waals surface area contributed by atoms with Gasteiger partial charge in [0, 0.05) is 18.0 Å². The van der Waals surface area contributed by atoms with Gasteiger partial charge in [-0.15, -0.1) is 11.6 Å². The number of rotatable bonds is 6. The van der Waals surface area contributed by atoms with Crippen LogP contribution in [-0.4, -0.2) is 19.5 Å². The normalized spacial score (nSPS) is 12.5. The first-order chi connectivity index (χ1) is 7.27. The third kappa shape index (κ3) is 4.10. The topological polar surface area (TPSA) is 21.3 Å². The number of methoxy groups -OCH3 is 1. The summed E-state index contributed by atoms with van der Waals surface area (Å²) in [5.74, 6) is 2.13. The molecule has 1 aromatic carbocycles. The van der Waals surface area contributed by atoms with Crippen LogP contribution < -0.4 is 10.1 Å². The molecule has 15 heavy (non-hydrogen) atoms. The average molecular weight is 228 g/mol. The van der Waals surface area contributed by atoms with Crippen molar-refractivity contribution in [2.45, 2.75) is 13.5 Å². The van der Waals surface area contributed by atoms with Crippen molar-refractivity contribution in [3.05, 3.63) is 29.8 Å². The summed E-state index contributed by atoms with van der Waals surface area (Å²) in [6, 6.07) is 8.04. The van der Waals surface area contributed by atoms with Crippen LogP contribution in [-0.2, 0) is 6.54 Å². The van der Waals surface area contributed by atoms with Crippen molar-refractivity contribution in [3.63, 3.8) is 0 Å². The fourth-order valence-corrected chi connectivity index (χ4v) is 1.47. The van der Waals surface area contributed by atoms with Crippen molar-refractivity contribution in [3.8, 4) is 5.75 Å². The van der Waals surface area contributed by atoms with E-state index in [4.69, 9.17) is 16.3 Å². The molecule has 0 saturated carbocycles. The first-order valence-electron chi connectivity index (χ1n) is 5.16. The molecule has 1 N–H and O–H groups in total. The first kappa shape index (κ1) is 12.3. The lowest BCUT2D eigenvalue weighted by Gasteiger charge is -2.11. The molecule has 0 heterocycles. The maximum atomic E-state index is 5.73. The summed E-state index contributed by atoms with van der Waals surface area (Å²) in [4.78, 5) is 0. The molecule has 0 fully saturated rings. The van der Waals surface area contributed by atoms with E-state index in [1.807, 2.05) is 18.2 Å². The predicted octanol–water partition coefficient (Wildman–Crippen LogP) is 2.66. The van der Waals surface area contributed by atoms with E-state index < -0.39 is 0 Å². The van der Waals surface area contributed by atoms with E-state index in [1.165, 1.54) is 5.56 Å². The summed E-state index contributed by atoms with van der Waals surface area (Å²) >= 11 is 5.73. The van der Waals surface area contributed by atoms with Crippen molar-refractivity contribution in [2.75, 3.05) is 19.5 Å². The molecule has 0 aliphatic rings. The first-order valence-corrected chi connectivity index (χ1v) is 5.70. The number of alkyl halides is 1. The molecule has 2 nitrogen and oxygen atoms in total. The monoisotopic (exact) mass is 227 g/mol. The fraction of sp³-hybridized carbons (Fsp3) is 0.500. The second-order valence-corrected chi connectivity index (χ2v) is 4.01. The summed E-state index contributed by atoms with van der Waals surface area (Å²) < 4.78 is 5.26. The lowest BCUT2D eigenvalue weighted by Crippen LogP contribution is -2.21. The summed E-state index contributed by atoms with van der Waals surface area (Å²) in [6.07, 6.45) is 0. The van der Waals surface area contributed by atoms with Crippen LogP contribution in [0.5, 0.6) is 5.75 Å². The molecule has 3 heteroatoms. The Morgan fingerprint density at radius 2 is 2.13 bits per heavy atom. The third-order valence-corrected chi connectivity index (χ3v) is 2.79. The van der Waals surface area contributed by atoms with Gasteiger partial charge in [-0.05, 0) is 18.5 Å². The predicted molar refractivity (Wildman–Crippen MR) is 64.6 cm³/mol. The second kappa shape index (κ2) is 6.70. The van der Waals surface area contributed by atoms with Crippen molar-refractivity contribution < 1.29 is 4.74 Å². The van der Waals surface area contributed by atoms with Gasteiger partial charge in [-0.1, -0.05) is 25.1 Å². The number of hydrogen-bond donors (Lipinski definition) is 1. The van der Waals surface area contributed by atoms with Crippen molar-refractivity contribution >= 4 is 11.6 Å². The summed E-state index contributed by atoms with van der Waals surface area (Å²) in [6.45, 7) is 3.88. The van der Waals surface area contributed by atoms with Crippen molar-refractivity contribution in [2.24, 2.45) is 5.92 Å². The SMILES string of the molecule is COc1ccccc1CNCC(C)CCl. The van der Waals surface area contributed by atoms with Gasteiger partial charge in [0.1, 0.15) is 5.75 Å². The molecule has 0 aromatic heterocycles. The lowest BCUT2D eigenvalue weighted by atomic mass is 10.2. The van der Waals surface area contributed by atoms with E-state index >= 15 is 0 Å². The van der Waals surface area contributed by atoms with Crippen LogP contribution in [0.2, 0.25) is 0 Å². The standard InChI is InChI=1S/C12H18ClNO/c1-10(7-13)8-14-9-11-5-3-4-6-12(11)15-2/h3-6,10,14H,7-9H2,1-2H3. The summed E-state index contributed by atoms with van der Waals surface area (Å²) in [5, 5.41) is 3.36. The smallest absolute Gasteiger partial charge is 0.123 e. The number of benzene rings is 1. The molecule has 84 valence electrons. The Kier molecular flexibility index (Phi) is 5.51. The van der Waals surface area contributed by atoms with Gasteiger partial charge in [-0.25, -0.2) is 0 Å². The van der Waals surface area contributed by atoms with Gasteiger partial charge in [0.25, 0.3) is 0 Å². The molecule has 1 aromatic rings. The molecular formula is C12H18ClNO. The van der Waals surface area contributed by atoms with Gasteiger partial charge in [-0.3, -0.25) is 0 Å². The highest BCUT2D eigenvalue weighted by molar-refractivity contribution is 6.18. The van der Waals surface area contributed by atoms with E-state index in [1.54, 1.807) is 7.11 Å². The Balaban J connectivity index is 2.43. The van der Waals surface area contributed by atoms with Crippen LogP contribution in [0.15, 0.2) is 24.3 Å². The van der Waals surface area contributed by atoms with Crippen LogP contribution in [0.3, 0.4) is 0 Å². The van der Waals surface area contributed by atoms with E-state index in [0.29, 0.717) is 11.8 Å². The summed E-state index contributed by atoms with van der Waals surface area (Å²) in [7, 11) is 1.69. The molecule has 0 aliphatic carbocycles. The summed E-state index contributed by atoms with van der Waals surface area (Å²) in [5.41, 5.74) is 1.18. The highest BCUT2D eigenvalue weighted by Gasteiger charge is 2.02. The molecular weight excluding hydrogens is 210 g/mol. The van der Waals surface area contributed by atoms with E-state index in [9.17, 15) is 0 Å². The number of hydrogen-bond acceptors (Lipinski definition) is 2. The maximum Gasteiger partial charge on any atom is 0.123 e. The highest BCUT2D eigenvalue weighted by atomic mass is 35.5. The molecule has 1 atom stereocenters. The minimum Gasteiger partial charge on any atom is -0.496 e. The van der Waals surface area contributed by atoms with Gasteiger partial charge >= 0.3 is 0 Å². The molecule has 1 rings (SSSR count). The minimum absolute atomic E-state index is 0.501. The van der Waals surface area contributed by atoms with Gasteiger partial charge in [0.05, 0.1) is 7.11 Å². The number of ether oxygens (including phenoxy) is 1. The maximum absolute atomic E-state index is 5.73. The lowest BCUT2D eigenvalue weighted by molar-refractivity contribution is 0.406. The quantitative estimate of drug-likeness (QED) is 0.755. The van der Waals surface area contributed by atoms with Crippen LogP contribution in [0, 0.1) is 5.92 Å². The van der Waals surface area contributed by atoms with E-state index in [2.05, 4.69) is 18.3 Å². The Labute approximate surface area is 96.6 Å². The van der Waals surface area contributed by atoms with Gasteiger partial charge in [0.15, 0.2) is 0 Å². The van der Waals surface area contributed by atoms with Crippen LogP contribution in [0.4, 0.5) is 0 Å². The third-order valence-electron chi connectivity index (χ3n) is 2.26. The van der Waals surface area contributed by atoms with Crippen LogP contribution >= 0.6 is 11.6 Å². The van der Waals surface area contributed by atoms with Crippen molar-refractivity contribution in [1.82, 2.24) is 5.32 Å². The molecule has 0 aliphatic heterocycles. The molecule has 0 saturated heterocycles.